The summed E-state index contributed by atoms with van der Waals surface area (Å²) >= 11 is 0. The first-order valence-electron chi connectivity index (χ1n) is 26.9. The number of nitrogens with one attached hydrogen (secondary N) is 1. The van der Waals surface area contributed by atoms with Crippen molar-refractivity contribution in [1.82, 2.24) is 24.9 Å². The first kappa shape index (κ1) is 61.0. The standard InChI is InChI=1S/C56H69N11O14/c1-7-39-40(8-2)44-32-46-42(12-10-14-54(69)56(67(72)73)61-17-18-62-56)38(4)50(65-46)36-58-48-34-52(81-30-28-79-26-24-77-22-20-75-6)51(80-29-27-78-25-23-76-21-19-74-5)33-47(48)57-35-49-37(3)41(45(64-49)31-43(39)63-44)11-9-13-53(68)55(66(70)71)59-15-16-60-55/h15-18,31-36,64H,7-14,19-30H2,1-6H3. The Balaban J connectivity index is 1.35. The molecule has 2 aromatic heterocycles. The summed E-state index contributed by atoms with van der Waals surface area (Å²) in [4.78, 5) is 88.6. The number of aliphatic imine (C=N–C) groups is 4. The largest absolute Gasteiger partial charge is 0.487 e. The Morgan fingerprint density at radius 2 is 0.975 bits per heavy atom. The van der Waals surface area contributed by atoms with Gasteiger partial charge in [-0.1, -0.05) is 13.8 Å². The molecule has 81 heavy (non-hydrogen) atoms. The molecular formula is C56H69N11O14. The third-order valence-corrected chi connectivity index (χ3v) is 13.7. The molecule has 0 aliphatic carbocycles. The minimum atomic E-state index is -2.40. The van der Waals surface area contributed by atoms with Crippen LogP contribution in [0, 0.1) is 27.2 Å². The van der Waals surface area contributed by atoms with Gasteiger partial charge in [-0.3, -0.25) is 39.8 Å². The third kappa shape index (κ3) is 15.0. The Morgan fingerprint density at radius 3 is 1.46 bits per heavy atom. The van der Waals surface area contributed by atoms with Crippen molar-refractivity contribution in [2.45, 2.75) is 90.6 Å². The number of allylic oxidation sites excluding steroid dienone is 4. The Kier molecular flexibility index (Phi) is 22.3. The molecule has 6 bridgehead atoms. The number of ketones is 2. The van der Waals surface area contributed by atoms with Crippen LogP contribution in [0.4, 0.5) is 0 Å². The van der Waals surface area contributed by atoms with Crippen LogP contribution in [-0.2, 0) is 44.4 Å². The monoisotopic (exact) mass is 1120 g/mol. The normalized spacial score (nSPS) is 14.8. The van der Waals surface area contributed by atoms with E-state index in [4.69, 9.17) is 57.8 Å². The van der Waals surface area contributed by atoms with E-state index in [1.165, 1.54) is 0 Å². The number of hydrogen-bond acceptors (Lipinski definition) is 22. The highest BCUT2D eigenvalue weighted by molar-refractivity contribution is 6.20. The molecule has 0 fully saturated rings. The molecule has 0 radical (unpaired) electrons. The molecule has 0 saturated carbocycles. The Bertz CT molecular complexity index is 3160. The summed E-state index contributed by atoms with van der Waals surface area (Å²) in [6, 6.07) is 7.34. The summed E-state index contributed by atoms with van der Waals surface area (Å²) in [6.45, 7) is 12.0. The van der Waals surface area contributed by atoms with E-state index < -0.39 is 33.0 Å². The molecule has 25 heteroatoms. The van der Waals surface area contributed by atoms with Crippen molar-refractivity contribution >= 4 is 80.8 Å². The molecule has 0 unspecified atom stereocenters. The molecular weight excluding hydrogens is 1050 g/mol. The van der Waals surface area contributed by atoms with E-state index in [0.29, 0.717) is 135 Å². The summed E-state index contributed by atoms with van der Waals surface area (Å²) in [5, 5.41) is 24.1. The fourth-order valence-electron chi connectivity index (χ4n) is 9.38. The number of ether oxygens (including phenoxy) is 8. The van der Waals surface area contributed by atoms with E-state index in [0.717, 1.165) is 58.3 Å². The van der Waals surface area contributed by atoms with Crippen molar-refractivity contribution < 1.29 is 57.3 Å². The SMILES string of the molecule is CCC1=C(CC)c2cc3[nH]c(cnc4cc(OCCOCCOCCOC)c(OCCOCCOCCOC)cc4ncc4nc(cc1n2)C(CCCC(=O)C1([N+](=O)[O-])N=CC=N1)=C4C)c(C)c3CCCC(=O)C1([N+](=O)[O-])N=CC=N1. The Labute approximate surface area is 468 Å². The van der Waals surface area contributed by atoms with Crippen molar-refractivity contribution in [3.8, 4) is 11.5 Å². The number of aromatic amines is 1. The quantitative estimate of drug-likeness (QED) is 0.0350. The van der Waals surface area contributed by atoms with Crippen molar-refractivity contribution in [3.63, 3.8) is 0 Å². The zero-order valence-corrected chi connectivity index (χ0v) is 46.6. The van der Waals surface area contributed by atoms with Gasteiger partial charge in [-0.05, 0) is 97.9 Å². The van der Waals surface area contributed by atoms with Gasteiger partial charge in [0.05, 0.1) is 128 Å². The van der Waals surface area contributed by atoms with Crippen molar-refractivity contribution in [3.05, 3.63) is 90.8 Å². The Morgan fingerprint density at radius 1 is 0.543 bits per heavy atom. The highest BCUT2D eigenvalue weighted by Gasteiger charge is 2.52. The maximum Gasteiger partial charge on any atom is 0.471 e. The summed E-state index contributed by atoms with van der Waals surface area (Å²) in [6.07, 6.45) is 10.0. The van der Waals surface area contributed by atoms with Gasteiger partial charge >= 0.3 is 11.6 Å². The zero-order chi connectivity index (χ0) is 57.8. The van der Waals surface area contributed by atoms with Gasteiger partial charge < -0.3 is 42.9 Å². The Hall–Kier alpha value is -7.68. The first-order chi connectivity index (χ1) is 39.3. The minimum Gasteiger partial charge on any atom is -0.487 e. The molecule has 0 amide bonds. The maximum atomic E-state index is 13.4. The maximum absolute atomic E-state index is 13.4. The number of nitro groups is 2. The van der Waals surface area contributed by atoms with Gasteiger partial charge in [-0.25, -0.2) is 9.97 Å². The van der Waals surface area contributed by atoms with Gasteiger partial charge in [0.25, 0.3) is 11.6 Å². The van der Waals surface area contributed by atoms with Gasteiger partial charge in [0.1, 0.15) is 13.2 Å². The van der Waals surface area contributed by atoms with Crippen LogP contribution in [0.5, 0.6) is 11.5 Å². The van der Waals surface area contributed by atoms with E-state index in [1.807, 2.05) is 26.0 Å². The number of rotatable bonds is 34. The second kappa shape index (κ2) is 29.7. The molecule has 4 aliphatic rings. The van der Waals surface area contributed by atoms with E-state index >= 15 is 0 Å². The van der Waals surface area contributed by atoms with E-state index in [9.17, 15) is 29.8 Å². The minimum absolute atomic E-state index is 0.144. The number of H-pyrrole nitrogens is 1. The zero-order valence-electron chi connectivity index (χ0n) is 46.6. The fraction of sp³-hybridized carbons (Fsp3) is 0.500. The smallest absolute Gasteiger partial charge is 0.471 e. The number of fused-ring (bicyclic) bond motifs is 7. The van der Waals surface area contributed by atoms with E-state index in [2.05, 4.69) is 38.8 Å². The molecule has 0 saturated heterocycles. The summed E-state index contributed by atoms with van der Waals surface area (Å²) in [5.41, 5.74) is 9.85. The summed E-state index contributed by atoms with van der Waals surface area (Å²) in [5.74, 6) is -5.56. The van der Waals surface area contributed by atoms with E-state index in [-0.39, 0.29) is 52.1 Å². The molecule has 1 N–H and O–H groups in total. The molecule has 4 aliphatic heterocycles. The van der Waals surface area contributed by atoms with Crippen molar-refractivity contribution in [2.24, 2.45) is 20.0 Å². The highest BCUT2D eigenvalue weighted by Crippen LogP contribution is 2.39. The van der Waals surface area contributed by atoms with Crippen LogP contribution in [-0.4, -0.2) is 176 Å². The lowest BCUT2D eigenvalue weighted by atomic mass is 9.97. The van der Waals surface area contributed by atoms with Crippen LogP contribution in [0.25, 0.3) is 44.4 Å². The summed E-state index contributed by atoms with van der Waals surface area (Å²) < 4.78 is 45.4. The average molecular weight is 1120 g/mol. The van der Waals surface area contributed by atoms with Gasteiger partial charge in [0.2, 0.25) is 0 Å². The number of Topliss-reactive ketones (excluding diaryl/α,β-unsaturated/α-hetero) is 2. The number of carbonyl (C=O) groups excluding carboxylic acids is 2. The number of methoxy groups -OCH3 is 2. The molecule has 25 nitrogen and oxygen atoms in total. The van der Waals surface area contributed by atoms with Gasteiger partial charge in [-0.2, -0.15) is 20.0 Å². The molecule has 1 aromatic carbocycles. The lowest BCUT2D eigenvalue weighted by molar-refractivity contribution is -0.547. The first-order valence-corrected chi connectivity index (χ1v) is 26.9. The average Bonchev–Trinajstić information content (AvgIpc) is 4.43. The number of aromatic nitrogens is 5. The molecule has 7 rings (SSSR count). The van der Waals surface area contributed by atoms with Crippen LogP contribution in [0.2, 0.25) is 0 Å². The van der Waals surface area contributed by atoms with Crippen LogP contribution < -0.4 is 9.47 Å². The lowest BCUT2D eigenvalue weighted by Crippen LogP contribution is -2.41. The number of hydrogen-bond donors (Lipinski definition) is 1. The predicted octanol–water partition coefficient (Wildman–Crippen LogP) is 7.23. The van der Waals surface area contributed by atoms with Crippen molar-refractivity contribution in [1.29, 1.82) is 0 Å². The topological polar surface area (TPSA) is 311 Å². The van der Waals surface area contributed by atoms with Crippen LogP contribution in [0.3, 0.4) is 0 Å². The second-order valence-electron chi connectivity index (χ2n) is 18.8. The van der Waals surface area contributed by atoms with Crippen molar-refractivity contribution in [2.75, 3.05) is 93.5 Å². The molecule has 3 aromatic rings. The third-order valence-electron chi connectivity index (χ3n) is 13.7. The van der Waals surface area contributed by atoms with Crippen LogP contribution in [0.15, 0.2) is 56.6 Å². The van der Waals surface area contributed by atoms with Crippen LogP contribution >= 0.6 is 0 Å². The van der Waals surface area contributed by atoms with Crippen LogP contribution in [0.1, 0.15) is 99.6 Å². The molecule has 0 atom stereocenters. The van der Waals surface area contributed by atoms with Gasteiger partial charge in [0, 0.05) is 69.6 Å². The number of aryl methyl sites for hydroxylation is 2. The molecule has 6 heterocycles. The fourth-order valence-corrected chi connectivity index (χ4v) is 9.38. The molecule has 0 spiro atoms. The summed E-state index contributed by atoms with van der Waals surface area (Å²) in [7, 11) is 3.21. The van der Waals surface area contributed by atoms with Gasteiger partial charge in [-0.15, -0.1) is 0 Å². The predicted molar refractivity (Wildman–Crippen MR) is 304 cm³/mol. The molecule has 432 valence electrons. The van der Waals surface area contributed by atoms with E-state index in [1.54, 1.807) is 38.7 Å². The number of benzene rings is 1. The lowest BCUT2D eigenvalue weighted by Gasteiger charge is -2.14. The highest BCUT2D eigenvalue weighted by atomic mass is 16.6. The number of nitrogens with zero attached hydrogens (tertiary/aromatic N) is 10. The van der Waals surface area contributed by atoms with Gasteiger partial charge in [0.15, 0.2) is 11.5 Å². The number of carbonyl (C=O) groups is 2. The second-order valence-corrected chi connectivity index (χ2v) is 18.8.